The van der Waals surface area contributed by atoms with E-state index in [-0.39, 0.29) is 0 Å². The van der Waals surface area contributed by atoms with E-state index in [4.69, 9.17) is 4.42 Å². The molecule has 12 heavy (non-hydrogen) atoms. The van der Waals surface area contributed by atoms with Crippen molar-refractivity contribution in [2.24, 2.45) is 0 Å². The van der Waals surface area contributed by atoms with Crippen LogP contribution in [-0.2, 0) is 0 Å². The molecule has 2 heterocycles. The van der Waals surface area contributed by atoms with Crippen LogP contribution in [0.2, 0.25) is 0 Å². The summed E-state index contributed by atoms with van der Waals surface area (Å²) in [6.45, 7) is 3.84. The number of nitrogens with one attached hydrogen (secondary N) is 1. The second-order valence-corrected chi connectivity index (χ2v) is 2.95. The maximum atomic E-state index is 5.14. The molecule has 0 bridgehead atoms. The van der Waals surface area contributed by atoms with E-state index in [9.17, 15) is 0 Å². The Morgan fingerprint density at radius 1 is 1.58 bits per heavy atom. The Morgan fingerprint density at radius 3 is 3.08 bits per heavy atom. The molecule has 3 heteroatoms. The molecule has 0 atom stereocenters. The van der Waals surface area contributed by atoms with Gasteiger partial charge in [-0.05, 0) is 18.5 Å². The van der Waals surface area contributed by atoms with Crippen molar-refractivity contribution in [3.8, 4) is 0 Å². The molecule has 1 aromatic rings. The first-order valence-corrected chi connectivity index (χ1v) is 4.18. The fourth-order valence-electron chi connectivity index (χ4n) is 1.35. The molecule has 1 N–H and O–H groups in total. The predicted molar refractivity (Wildman–Crippen MR) is 46.7 cm³/mol. The number of oxazole rings is 1. The van der Waals surface area contributed by atoms with E-state index in [1.807, 2.05) is 6.92 Å². The molecule has 0 aromatic carbocycles. The average Bonchev–Trinajstić information content (AvgIpc) is 2.54. The number of nitrogens with zero attached hydrogens (tertiary/aromatic N) is 1. The molecule has 1 aliphatic rings. The Labute approximate surface area is 71.5 Å². The van der Waals surface area contributed by atoms with Gasteiger partial charge in [0.15, 0.2) is 5.89 Å². The minimum Gasteiger partial charge on any atom is -0.449 e. The Hall–Kier alpha value is -1.09. The number of hydrogen-bond acceptors (Lipinski definition) is 3. The number of hydrogen-bond donors (Lipinski definition) is 1. The van der Waals surface area contributed by atoms with E-state index in [2.05, 4.69) is 16.4 Å². The average molecular weight is 164 g/mol. The first-order valence-electron chi connectivity index (χ1n) is 4.18. The van der Waals surface area contributed by atoms with Crippen LogP contribution in [0.5, 0.6) is 0 Å². The molecule has 0 amide bonds. The highest BCUT2D eigenvalue weighted by Crippen LogP contribution is 2.15. The molecule has 0 spiro atoms. The van der Waals surface area contributed by atoms with Crippen LogP contribution >= 0.6 is 0 Å². The van der Waals surface area contributed by atoms with Crippen molar-refractivity contribution >= 4 is 5.57 Å². The molecule has 2 rings (SSSR count). The molecule has 1 aliphatic heterocycles. The molecule has 3 nitrogen and oxygen atoms in total. The fraction of sp³-hybridized carbons (Fsp3) is 0.444. The second kappa shape index (κ2) is 3.11. The third kappa shape index (κ3) is 1.41. The minimum atomic E-state index is 0.733. The molecule has 0 fully saturated rings. The van der Waals surface area contributed by atoms with E-state index in [1.54, 1.807) is 6.26 Å². The van der Waals surface area contributed by atoms with Crippen LogP contribution in [0.1, 0.15) is 18.0 Å². The Balaban J connectivity index is 2.23. The van der Waals surface area contributed by atoms with Gasteiger partial charge in [0.25, 0.3) is 0 Å². The molecule has 0 unspecified atom stereocenters. The van der Waals surface area contributed by atoms with Crippen LogP contribution in [0.15, 0.2) is 16.8 Å². The lowest BCUT2D eigenvalue weighted by Gasteiger charge is -2.11. The molecule has 0 saturated heterocycles. The zero-order valence-electron chi connectivity index (χ0n) is 7.13. The third-order valence-corrected chi connectivity index (χ3v) is 1.98. The summed E-state index contributed by atoms with van der Waals surface area (Å²) in [5, 5.41) is 3.29. The van der Waals surface area contributed by atoms with Crippen molar-refractivity contribution in [3.63, 3.8) is 0 Å². The maximum Gasteiger partial charge on any atom is 0.191 e. The standard InChI is InChI=1S/C9H12N2O/c1-7-11-9(6-12-7)8-3-2-4-10-5-8/h3,6,10H,2,4-5H2,1H3. The highest BCUT2D eigenvalue weighted by Gasteiger charge is 2.08. The number of rotatable bonds is 1. The minimum absolute atomic E-state index is 0.733. The summed E-state index contributed by atoms with van der Waals surface area (Å²) in [6.07, 6.45) is 5.02. The highest BCUT2D eigenvalue weighted by molar-refractivity contribution is 5.63. The van der Waals surface area contributed by atoms with Gasteiger partial charge in [0.1, 0.15) is 12.0 Å². The number of aryl methyl sites for hydroxylation is 1. The number of aromatic nitrogens is 1. The Kier molecular flexibility index (Phi) is 1.96. The van der Waals surface area contributed by atoms with Crippen molar-refractivity contribution in [1.82, 2.24) is 10.3 Å². The molecule has 0 saturated carbocycles. The Morgan fingerprint density at radius 2 is 2.50 bits per heavy atom. The molecule has 0 aliphatic carbocycles. The van der Waals surface area contributed by atoms with Gasteiger partial charge in [0.2, 0.25) is 0 Å². The summed E-state index contributed by atoms with van der Waals surface area (Å²) in [7, 11) is 0. The fourth-order valence-corrected chi connectivity index (χ4v) is 1.35. The largest absolute Gasteiger partial charge is 0.449 e. The van der Waals surface area contributed by atoms with Gasteiger partial charge in [0.05, 0.1) is 0 Å². The summed E-state index contributed by atoms with van der Waals surface area (Å²) >= 11 is 0. The monoisotopic (exact) mass is 164 g/mol. The van der Waals surface area contributed by atoms with Crippen molar-refractivity contribution in [1.29, 1.82) is 0 Å². The molecular weight excluding hydrogens is 152 g/mol. The van der Waals surface area contributed by atoms with Gasteiger partial charge < -0.3 is 9.73 Å². The van der Waals surface area contributed by atoms with Crippen molar-refractivity contribution in [2.45, 2.75) is 13.3 Å². The molecule has 64 valence electrons. The van der Waals surface area contributed by atoms with Crippen LogP contribution in [-0.4, -0.2) is 18.1 Å². The Bertz CT molecular complexity index is 301. The van der Waals surface area contributed by atoms with Gasteiger partial charge in [-0.1, -0.05) is 6.08 Å². The highest BCUT2D eigenvalue weighted by atomic mass is 16.3. The van der Waals surface area contributed by atoms with E-state index in [1.165, 1.54) is 5.57 Å². The lowest BCUT2D eigenvalue weighted by atomic mass is 10.1. The van der Waals surface area contributed by atoms with Crippen molar-refractivity contribution in [2.75, 3.05) is 13.1 Å². The van der Waals surface area contributed by atoms with Gasteiger partial charge in [-0.2, -0.15) is 0 Å². The molecule has 0 radical (unpaired) electrons. The molecular formula is C9H12N2O. The van der Waals surface area contributed by atoms with E-state index >= 15 is 0 Å². The topological polar surface area (TPSA) is 38.1 Å². The smallest absolute Gasteiger partial charge is 0.191 e. The van der Waals surface area contributed by atoms with Crippen LogP contribution in [0.3, 0.4) is 0 Å². The quantitative estimate of drug-likeness (QED) is 0.681. The zero-order chi connectivity index (χ0) is 8.39. The van der Waals surface area contributed by atoms with E-state index < -0.39 is 0 Å². The van der Waals surface area contributed by atoms with E-state index in [0.717, 1.165) is 31.1 Å². The van der Waals surface area contributed by atoms with Crippen LogP contribution in [0.4, 0.5) is 0 Å². The van der Waals surface area contributed by atoms with Crippen LogP contribution in [0.25, 0.3) is 5.57 Å². The van der Waals surface area contributed by atoms with Crippen molar-refractivity contribution < 1.29 is 4.42 Å². The van der Waals surface area contributed by atoms with Gasteiger partial charge in [-0.3, -0.25) is 0 Å². The normalized spacial score (nSPS) is 17.6. The SMILES string of the molecule is Cc1nc(C2=CCCNC2)co1. The summed E-state index contributed by atoms with van der Waals surface area (Å²) in [5.41, 5.74) is 2.22. The lowest BCUT2D eigenvalue weighted by molar-refractivity contribution is 0.521. The van der Waals surface area contributed by atoms with Gasteiger partial charge in [-0.25, -0.2) is 4.98 Å². The third-order valence-electron chi connectivity index (χ3n) is 1.98. The summed E-state index contributed by atoms with van der Waals surface area (Å²) < 4.78 is 5.14. The van der Waals surface area contributed by atoms with E-state index in [0.29, 0.717) is 0 Å². The summed E-state index contributed by atoms with van der Waals surface area (Å²) in [6, 6.07) is 0. The first kappa shape index (κ1) is 7.55. The summed E-state index contributed by atoms with van der Waals surface area (Å²) in [5.74, 6) is 0.733. The van der Waals surface area contributed by atoms with Gasteiger partial charge in [-0.15, -0.1) is 0 Å². The van der Waals surface area contributed by atoms with Crippen LogP contribution < -0.4 is 5.32 Å². The summed E-state index contributed by atoms with van der Waals surface area (Å²) in [4.78, 5) is 4.26. The van der Waals surface area contributed by atoms with Crippen LogP contribution in [0, 0.1) is 6.92 Å². The molecule has 1 aromatic heterocycles. The van der Waals surface area contributed by atoms with Gasteiger partial charge in [0, 0.05) is 13.5 Å². The zero-order valence-corrected chi connectivity index (χ0v) is 7.13. The van der Waals surface area contributed by atoms with Crippen molar-refractivity contribution in [3.05, 3.63) is 23.9 Å². The predicted octanol–water partition coefficient (Wildman–Crippen LogP) is 1.36. The van der Waals surface area contributed by atoms with Gasteiger partial charge >= 0.3 is 0 Å². The lowest BCUT2D eigenvalue weighted by Crippen LogP contribution is -2.21. The first-order chi connectivity index (χ1) is 5.86. The second-order valence-electron chi connectivity index (χ2n) is 2.95. The maximum absolute atomic E-state index is 5.14.